The van der Waals surface area contributed by atoms with E-state index < -0.39 is 0 Å². The molecule has 1 N–H and O–H groups in total. The third kappa shape index (κ3) is 4.58. The second-order valence-electron chi connectivity index (χ2n) is 4.47. The van der Waals surface area contributed by atoms with Crippen LogP contribution in [0, 0.1) is 6.92 Å². The first kappa shape index (κ1) is 14.4. The highest BCUT2D eigenvalue weighted by atomic mass is 32.1. The molecule has 0 atom stereocenters. The number of ketones is 1. The van der Waals surface area contributed by atoms with E-state index in [1.807, 2.05) is 19.1 Å². The molecule has 0 aliphatic carbocycles. The maximum atomic E-state index is 12.0. The van der Waals surface area contributed by atoms with E-state index in [0.29, 0.717) is 12.6 Å². The fourth-order valence-electron chi connectivity index (χ4n) is 1.64. The molecule has 96 valence electrons. The van der Waals surface area contributed by atoms with Gasteiger partial charge in [0, 0.05) is 24.1 Å². The van der Waals surface area contributed by atoms with E-state index in [2.05, 4.69) is 18.7 Å². The Hall–Kier alpha value is -0.710. The molecule has 0 bridgehead atoms. The highest BCUT2D eigenvalue weighted by Crippen LogP contribution is 2.16. The third-order valence-electron chi connectivity index (χ3n) is 2.70. The molecule has 0 aliphatic heterocycles. The average molecular weight is 255 g/mol. The summed E-state index contributed by atoms with van der Waals surface area (Å²) in [5.74, 6) is 0.176. The molecule has 0 fully saturated rings. The number of Topliss-reactive ketones (excluding diaryl/α,β-unsaturated/α-hetero) is 1. The van der Waals surface area contributed by atoms with Gasteiger partial charge in [-0.1, -0.05) is 0 Å². The van der Waals surface area contributed by atoms with Crippen molar-refractivity contribution in [3.63, 3.8) is 0 Å². The minimum Gasteiger partial charge on any atom is -0.396 e. The number of aliphatic hydroxyl groups is 1. The summed E-state index contributed by atoms with van der Waals surface area (Å²) in [5, 5.41) is 8.84. The summed E-state index contributed by atoms with van der Waals surface area (Å²) in [5.41, 5.74) is 0. The molecule has 0 unspecified atom stereocenters. The smallest absolute Gasteiger partial charge is 0.186 e. The molecule has 0 amide bonds. The van der Waals surface area contributed by atoms with Gasteiger partial charge in [0.15, 0.2) is 5.78 Å². The molecule has 17 heavy (non-hydrogen) atoms. The molecule has 1 rings (SSSR count). The van der Waals surface area contributed by atoms with Crippen LogP contribution in [-0.2, 0) is 0 Å². The topological polar surface area (TPSA) is 40.5 Å². The molecule has 0 radical (unpaired) electrons. The lowest BCUT2D eigenvalue weighted by Gasteiger charge is -2.25. The fraction of sp³-hybridized carbons (Fsp3) is 0.615. The van der Waals surface area contributed by atoms with Gasteiger partial charge in [0.1, 0.15) is 0 Å². The van der Waals surface area contributed by atoms with Crippen molar-refractivity contribution < 1.29 is 9.90 Å². The quantitative estimate of drug-likeness (QED) is 0.760. The monoisotopic (exact) mass is 255 g/mol. The van der Waals surface area contributed by atoms with Crippen molar-refractivity contribution in [1.29, 1.82) is 0 Å². The summed E-state index contributed by atoms with van der Waals surface area (Å²) in [6.45, 7) is 7.54. The first-order chi connectivity index (χ1) is 8.04. The van der Waals surface area contributed by atoms with E-state index in [-0.39, 0.29) is 12.4 Å². The van der Waals surface area contributed by atoms with Gasteiger partial charge in [-0.3, -0.25) is 9.69 Å². The molecule has 1 aromatic heterocycles. The number of rotatable bonds is 7. The van der Waals surface area contributed by atoms with Crippen LogP contribution >= 0.6 is 11.3 Å². The Balaban J connectivity index is 2.57. The highest BCUT2D eigenvalue weighted by molar-refractivity contribution is 7.14. The number of carbonyl (C=O) groups excluding carboxylic acids is 1. The van der Waals surface area contributed by atoms with Gasteiger partial charge in [-0.2, -0.15) is 0 Å². The number of thiophene rings is 1. The largest absolute Gasteiger partial charge is 0.396 e. The summed E-state index contributed by atoms with van der Waals surface area (Å²) in [4.78, 5) is 16.1. The van der Waals surface area contributed by atoms with Crippen LogP contribution in [0.2, 0.25) is 0 Å². The van der Waals surface area contributed by atoms with Gasteiger partial charge >= 0.3 is 0 Å². The molecule has 0 spiro atoms. The van der Waals surface area contributed by atoms with Crippen molar-refractivity contribution in [2.75, 3.05) is 19.7 Å². The van der Waals surface area contributed by atoms with Crippen molar-refractivity contribution in [2.45, 2.75) is 33.2 Å². The fourth-order valence-corrected chi connectivity index (χ4v) is 2.44. The number of hydrogen-bond donors (Lipinski definition) is 1. The molecule has 0 aromatic carbocycles. The van der Waals surface area contributed by atoms with Crippen molar-refractivity contribution in [1.82, 2.24) is 4.90 Å². The zero-order chi connectivity index (χ0) is 12.8. The Morgan fingerprint density at radius 3 is 2.65 bits per heavy atom. The van der Waals surface area contributed by atoms with Crippen molar-refractivity contribution in [3.8, 4) is 0 Å². The minimum atomic E-state index is 0.176. The Kier molecular flexibility index (Phi) is 5.82. The molecular formula is C13H21NO2S. The molecule has 4 heteroatoms. The second-order valence-corrected chi connectivity index (χ2v) is 5.76. The Morgan fingerprint density at radius 1 is 1.47 bits per heavy atom. The lowest BCUT2D eigenvalue weighted by molar-refractivity contribution is 0.0900. The molecule has 1 aromatic rings. The standard InChI is InChI=1S/C13H21NO2S/c1-10(2)14(7-4-8-15)9-12(16)13-6-5-11(3)17-13/h5-6,10,15H,4,7-9H2,1-3H3. The van der Waals surface area contributed by atoms with E-state index in [4.69, 9.17) is 5.11 Å². The third-order valence-corrected chi connectivity index (χ3v) is 3.74. The highest BCUT2D eigenvalue weighted by Gasteiger charge is 2.16. The van der Waals surface area contributed by atoms with Crippen molar-refractivity contribution in [3.05, 3.63) is 21.9 Å². The lowest BCUT2D eigenvalue weighted by Crippen LogP contribution is -2.36. The molecule has 0 saturated heterocycles. The first-order valence-electron chi connectivity index (χ1n) is 5.99. The molecule has 0 saturated carbocycles. The average Bonchev–Trinajstić information content (AvgIpc) is 2.70. The second kappa shape index (κ2) is 6.89. The van der Waals surface area contributed by atoms with Gasteiger partial charge in [0.2, 0.25) is 0 Å². The van der Waals surface area contributed by atoms with Crippen molar-refractivity contribution in [2.24, 2.45) is 0 Å². The number of aryl methyl sites for hydroxylation is 1. The van der Waals surface area contributed by atoms with E-state index in [9.17, 15) is 4.79 Å². The van der Waals surface area contributed by atoms with E-state index >= 15 is 0 Å². The molecular weight excluding hydrogens is 234 g/mol. The van der Waals surface area contributed by atoms with E-state index in [1.54, 1.807) is 11.3 Å². The van der Waals surface area contributed by atoms with Crippen LogP contribution < -0.4 is 0 Å². The lowest BCUT2D eigenvalue weighted by atomic mass is 10.2. The zero-order valence-corrected chi connectivity index (χ0v) is 11.6. The summed E-state index contributed by atoms with van der Waals surface area (Å²) >= 11 is 1.55. The Labute approximate surface area is 107 Å². The predicted molar refractivity (Wildman–Crippen MR) is 71.8 cm³/mol. The van der Waals surface area contributed by atoms with E-state index in [1.165, 1.54) is 4.88 Å². The van der Waals surface area contributed by atoms with Gasteiger partial charge in [0.05, 0.1) is 11.4 Å². The first-order valence-corrected chi connectivity index (χ1v) is 6.80. The SMILES string of the molecule is Cc1ccc(C(=O)CN(CCCO)C(C)C)s1. The number of hydrogen-bond acceptors (Lipinski definition) is 4. The van der Waals surface area contributed by atoms with Crippen LogP contribution in [0.1, 0.15) is 34.8 Å². The van der Waals surface area contributed by atoms with Gasteiger partial charge < -0.3 is 5.11 Å². The van der Waals surface area contributed by atoms with E-state index in [0.717, 1.165) is 17.8 Å². The number of carbonyl (C=O) groups is 1. The van der Waals surface area contributed by atoms with Gasteiger partial charge in [0.25, 0.3) is 0 Å². The Bertz CT molecular complexity index is 360. The van der Waals surface area contributed by atoms with Crippen LogP contribution in [0.4, 0.5) is 0 Å². The zero-order valence-electron chi connectivity index (χ0n) is 10.8. The van der Waals surface area contributed by atoms with Gasteiger partial charge in [-0.05, 0) is 39.3 Å². The minimum absolute atomic E-state index is 0.176. The summed E-state index contributed by atoms with van der Waals surface area (Å²) in [7, 11) is 0. The number of aliphatic hydroxyl groups excluding tert-OH is 1. The van der Waals surface area contributed by atoms with Crippen LogP contribution in [0.3, 0.4) is 0 Å². The maximum absolute atomic E-state index is 12.0. The molecule has 1 heterocycles. The molecule has 3 nitrogen and oxygen atoms in total. The summed E-state index contributed by atoms with van der Waals surface area (Å²) in [6, 6.07) is 4.20. The van der Waals surface area contributed by atoms with Crippen LogP contribution in [0.25, 0.3) is 0 Å². The summed E-state index contributed by atoms with van der Waals surface area (Å²) in [6.07, 6.45) is 0.717. The van der Waals surface area contributed by atoms with Crippen LogP contribution in [0.15, 0.2) is 12.1 Å². The Morgan fingerprint density at radius 2 is 2.18 bits per heavy atom. The maximum Gasteiger partial charge on any atom is 0.186 e. The predicted octanol–water partition coefficient (Wildman–Crippen LogP) is 2.33. The van der Waals surface area contributed by atoms with Gasteiger partial charge in [-0.15, -0.1) is 11.3 Å². The summed E-state index contributed by atoms with van der Waals surface area (Å²) < 4.78 is 0. The number of nitrogens with zero attached hydrogens (tertiary/aromatic N) is 1. The van der Waals surface area contributed by atoms with Gasteiger partial charge in [-0.25, -0.2) is 0 Å². The van der Waals surface area contributed by atoms with Crippen LogP contribution in [-0.4, -0.2) is 41.5 Å². The van der Waals surface area contributed by atoms with Crippen LogP contribution in [0.5, 0.6) is 0 Å². The molecule has 0 aliphatic rings. The van der Waals surface area contributed by atoms with Crippen molar-refractivity contribution >= 4 is 17.1 Å². The normalized spacial score (nSPS) is 11.4.